The molecule has 4 heteroatoms. The summed E-state index contributed by atoms with van der Waals surface area (Å²) >= 11 is 0. The van der Waals surface area contributed by atoms with E-state index in [4.69, 9.17) is 0 Å². The Bertz CT molecular complexity index is 472. The first-order chi connectivity index (χ1) is 8.89. The Labute approximate surface area is 113 Å². The van der Waals surface area contributed by atoms with Crippen LogP contribution >= 0.6 is 0 Å². The first kappa shape index (κ1) is 14.0. The van der Waals surface area contributed by atoms with E-state index < -0.39 is 5.41 Å². The standard InChI is InChI=1S/C15H21NO3/c1-3-14(18)15(7-9-16(2,19)10-8-15)12-5-4-6-13(17)11-12/h4-6,11,17H,3,7-10H2,1-2H3. The van der Waals surface area contributed by atoms with Gasteiger partial charge in [0.25, 0.3) is 0 Å². The molecule has 0 bridgehead atoms. The second-order valence-electron chi connectivity index (χ2n) is 5.65. The van der Waals surface area contributed by atoms with Crippen LogP contribution in [-0.4, -0.2) is 35.7 Å². The van der Waals surface area contributed by atoms with Crippen LogP contribution in [0.15, 0.2) is 24.3 Å². The van der Waals surface area contributed by atoms with Crippen LogP contribution in [-0.2, 0) is 10.2 Å². The number of hydrogen-bond donors (Lipinski definition) is 1. The number of rotatable bonds is 3. The number of likely N-dealkylation sites (tertiary alicyclic amines) is 1. The minimum absolute atomic E-state index is 0.165. The topological polar surface area (TPSA) is 60.4 Å². The van der Waals surface area contributed by atoms with Gasteiger partial charge in [0.2, 0.25) is 0 Å². The van der Waals surface area contributed by atoms with Gasteiger partial charge in [-0.05, 0) is 17.7 Å². The number of hydroxylamine groups is 3. The van der Waals surface area contributed by atoms with Crippen molar-refractivity contribution in [1.82, 2.24) is 0 Å². The third-order valence-corrected chi connectivity index (χ3v) is 4.28. The van der Waals surface area contributed by atoms with E-state index in [0.717, 1.165) is 5.56 Å². The molecular weight excluding hydrogens is 242 g/mol. The number of benzene rings is 1. The molecule has 1 heterocycles. The number of piperidine rings is 1. The van der Waals surface area contributed by atoms with Crippen molar-refractivity contribution in [1.29, 1.82) is 0 Å². The minimum atomic E-state index is -0.588. The highest BCUT2D eigenvalue weighted by atomic mass is 16.5. The summed E-state index contributed by atoms with van der Waals surface area (Å²) in [7, 11) is 1.66. The van der Waals surface area contributed by atoms with Crippen molar-refractivity contribution in [2.24, 2.45) is 0 Å². The Balaban J connectivity index is 2.40. The lowest BCUT2D eigenvalue weighted by molar-refractivity contribution is -0.867. The normalized spacial score (nSPS) is 31.1. The molecule has 0 spiro atoms. The molecular formula is C15H21NO3. The molecule has 4 nitrogen and oxygen atoms in total. The SMILES string of the molecule is CCC(=O)C1(c2cccc(O)c2)CC[N+](C)([O-])CC1. The molecule has 0 unspecified atom stereocenters. The summed E-state index contributed by atoms with van der Waals surface area (Å²) in [6, 6.07) is 6.90. The minimum Gasteiger partial charge on any atom is -0.633 e. The number of nitrogens with zero attached hydrogens (tertiary/aromatic N) is 1. The van der Waals surface area contributed by atoms with Crippen LogP contribution in [0, 0.1) is 5.21 Å². The van der Waals surface area contributed by atoms with E-state index in [9.17, 15) is 15.1 Å². The molecule has 0 saturated carbocycles. The Hall–Kier alpha value is -1.39. The van der Waals surface area contributed by atoms with Gasteiger partial charge in [-0.2, -0.15) is 0 Å². The maximum atomic E-state index is 12.4. The van der Waals surface area contributed by atoms with E-state index in [-0.39, 0.29) is 16.2 Å². The molecule has 0 radical (unpaired) electrons. The number of hydrogen-bond acceptors (Lipinski definition) is 3. The number of carbonyl (C=O) groups is 1. The van der Waals surface area contributed by atoms with Crippen LogP contribution in [0.4, 0.5) is 0 Å². The van der Waals surface area contributed by atoms with E-state index in [2.05, 4.69) is 0 Å². The molecule has 1 aliphatic heterocycles. The summed E-state index contributed by atoms with van der Waals surface area (Å²) in [5.74, 6) is 0.337. The van der Waals surface area contributed by atoms with Crippen molar-refractivity contribution in [3.05, 3.63) is 35.0 Å². The lowest BCUT2D eigenvalue weighted by Crippen LogP contribution is -2.52. The molecule has 104 valence electrons. The van der Waals surface area contributed by atoms with E-state index in [1.54, 1.807) is 25.2 Å². The van der Waals surface area contributed by atoms with Crippen LogP contribution in [0.25, 0.3) is 0 Å². The van der Waals surface area contributed by atoms with Crippen molar-refractivity contribution in [3.8, 4) is 5.75 Å². The fourth-order valence-electron chi connectivity index (χ4n) is 2.96. The van der Waals surface area contributed by atoms with Gasteiger partial charge in [0.05, 0.1) is 25.6 Å². The quantitative estimate of drug-likeness (QED) is 0.672. The summed E-state index contributed by atoms with van der Waals surface area (Å²) in [4.78, 5) is 12.4. The molecule has 0 amide bonds. The lowest BCUT2D eigenvalue weighted by Gasteiger charge is -2.48. The molecule has 0 aliphatic carbocycles. The van der Waals surface area contributed by atoms with Crippen molar-refractivity contribution < 1.29 is 14.5 Å². The largest absolute Gasteiger partial charge is 0.633 e. The zero-order valence-electron chi connectivity index (χ0n) is 11.6. The molecule has 1 aromatic carbocycles. The highest BCUT2D eigenvalue weighted by Gasteiger charge is 2.44. The first-order valence-electron chi connectivity index (χ1n) is 6.78. The van der Waals surface area contributed by atoms with Gasteiger partial charge in [-0.25, -0.2) is 0 Å². The van der Waals surface area contributed by atoms with Crippen LogP contribution in [0.5, 0.6) is 5.75 Å². The highest BCUT2D eigenvalue weighted by molar-refractivity contribution is 5.90. The number of phenolic OH excluding ortho intramolecular Hbond substituents is 1. The maximum absolute atomic E-state index is 12.4. The zero-order valence-corrected chi connectivity index (χ0v) is 11.6. The molecule has 1 aliphatic rings. The average Bonchev–Trinajstić information content (AvgIpc) is 2.38. The number of phenols is 1. The van der Waals surface area contributed by atoms with Crippen molar-refractivity contribution in [3.63, 3.8) is 0 Å². The van der Waals surface area contributed by atoms with E-state index in [1.165, 1.54) is 0 Å². The Morgan fingerprint density at radius 1 is 1.42 bits per heavy atom. The molecule has 1 aromatic rings. The third-order valence-electron chi connectivity index (χ3n) is 4.28. The van der Waals surface area contributed by atoms with Gasteiger partial charge < -0.3 is 15.0 Å². The molecule has 1 fully saturated rings. The molecule has 0 aromatic heterocycles. The van der Waals surface area contributed by atoms with E-state index in [1.807, 2.05) is 13.0 Å². The van der Waals surface area contributed by atoms with Gasteiger partial charge in [-0.15, -0.1) is 0 Å². The highest BCUT2D eigenvalue weighted by Crippen LogP contribution is 2.39. The van der Waals surface area contributed by atoms with Crippen LogP contribution in [0.2, 0.25) is 0 Å². The summed E-state index contributed by atoms with van der Waals surface area (Å²) in [5, 5.41) is 21.6. The zero-order chi connectivity index (χ0) is 14.1. The number of quaternary nitrogens is 1. The lowest BCUT2D eigenvalue weighted by atomic mass is 9.69. The van der Waals surface area contributed by atoms with Crippen LogP contribution < -0.4 is 0 Å². The van der Waals surface area contributed by atoms with Gasteiger partial charge in [-0.3, -0.25) is 4.79 Å². The molecule has 19 heavy (non-hydrogen) atoms. The number of carbonyl (C=O) groups excluding carboxylic acids is 1. The predicted molar refractivity (Wildman–Crippen MR) is 73.6 cm³/mol. The van der Waals surface area contributed by atoms with E-state index >= 15 is 0 Å². The van der Waals surface area contributed by atoms with Gasteiger partial charge in [0.15, 0.2) is 0 Å². The van der Waals surface area contributed by atoms with E-state index in [0.29, 0.717) is 32.4 Å². The predicted octanol–water partition coefficient (Wildman–Crippen LogP) is 2.35. The number of aromatic hydroxyl groups is 1. The summed E-state index contributed by atoms with van der Waals surface area (Å²) < 4.78 is -0.280. The van der Waals surface area contributed by atoms with Gasteiger partial charge in [-0.1, -0.05) is 19.1 Å². The monoisotopic (exact) mass is 263 g/mol. The third kappa shape index (κ3) is 2.65. The Kier molecular flexibility index (Phi) is 3.65. The summed E-state index contributed by atoms with van der Waals surface area (Å²) in [5.41, 5.74) is 0.259. The fourth-order valence-corrected chi connectivity index (χ4v) is 2.96. The molecule has 1 saturated heterocycles. The second-order valence-corrected chi connectivity index (χ2v) is 5.65. The van der Waals surface area contributed by atoms with Crippen LogP contribution in [0.3, 0.4) is 0 Å². The fraction of sp³-hybridized carbons (Fsp3) is 0.533. The number of ketones is 1. The number of Topliss-reactive ketones (excluding diaryl/α,β-unsaturated/α-hetero) is 1. The smallest absolute Gasteiger partial charge is 0.143 e. The van der Waals surface area contributed by atoms with Crippen molar-refractivity contribution in [2.45, 2.75) is 31.6 Å². The van der Waals surface area contributed by atoms with Crippen molar-refractivity contribution in [2.75, 3.05) is 20.1 Å². The van der Waals surface area contributed by atoms with Gasteiger partial charge >= 0.3 is 0 Å². The van der Waals surface area contributed by atoms with Gasteiger partial charge in [0.1, 0.15) is 11.5 Å². The Morgan fingerprint density at radius 3 is 2.58 bits per heavy atom. The first-order valence-corrected chi connectivity index (χ1v) is 6.78. The summed E-state index contributed by atoms with van der Waals surface area (Å²) in [6.45, 7) is 2.75. The second kappa shape index (κ2) is 4.94. The molecule has 1 N–H and O–H groups in total. The maximum Gasteiger partial charge on any atom is 0.143 e. The average molecular weight is 263 g/mol. The van der Waals surface area contributed by atoms with Crippen molar-refractivity contribution >= 4 is 5.78 Å². The molecule has 0 atom stereocenters. The van der Waals surface area contributed by atoms with Gasteiger partial charge in [0, 0.05) is 19.3 Å². The Morgan fingerprint density at radius 2 is 2.05 bits per heavy atom. The molecule has 2 rings (SSSR count). The van der Waals surface area contributed by atoms with Crippen LogP contribution in [0.1, 0.15) is 31.7 Å². The summed E-state index contributed by atoms with van der Waals surface area (Å²) in [6.07, 6.45) is 1.57.